The van der Waals surface area contributed by atoms with E-state index in [4.69, 9.17) is 20.4 Å². The summed E-state index contributed by atoms with van der Waals surface area (Å²) in [5.74, 6) is 1.02. The van der Waals surface area contributed by atoms with Crippen molar-refractivity contribution in [2.24, 2.45) is 0 Å². The monoisotopic (exact) mass is 450 g/mol. The molecule has 3 nitrogen and oxygen atoms in total. The minimum Gasteiger partial charge on any atom is -0.454 e. The lowest BCUT2D eigenvalue weighted by Gasteiger charge is -2.03. The largest absolute Gasteiger partial charge is 0.454 e. The Morgan fingerprint density at radius 1 is 0.786 bits per heavy atom. The molecular formula is C23H12BrClO3. The molecule has 5 heteroatoms. The molecule has 0 amide bonds. The maximum Gasteiger partial charge on any atom is 0.348 e. The number of fused-ring (bicyclic) bond motifs is 3. The quantitative estimate of drug-likeness (QED) is 0.265. The van der Waals surface area contributed by atoms with Gasteiger partial charge in [-0.1, -0.05) is 70.0 Å². The summed E-state index contributed by atoms with van der Waals surface area (Å²) in [6.45, 7) is 0. The number of furan rings is 1. The van der Waals surface area contributed by atoms with Crippen molar-refractivity contribution in [3.8, 4) is 22.6 Å². The third-order valence-electron chi connectivity index (χ3n) is 4.68. The van der Waals surface area contributed by atoms with E-state index in [9.17, 15) is 4.79 Å². The summed E-state index contributed by atoms with van der Waals surface area (Å²) in [6.07, 6.45) is 0. The fourth-order valence-corrected chi connectivity index (χ4v) is 4.03. The lowest BCUT2D eigenvalue weighted by Crippen LogP contribution is -1.99. The van der Waals surface area contributed by atoms with Crippen LogP contribution in [0.15, 0.2) is 90.9 Å². The Morgan fingerprint density at radius 2 is 1.54 bits per heavy atom. The van der Waals surface area contributed by atoms with E-state index in [2.05, 4.69) is 15.9 Å². The Morgan fingerprint density at radius 3 is 2.32 bits per heavy atom. The zero-order chi connectivity index (χ0) is 19.3. The van der Waals surface area contributed by atoms with Crippen molar-refractivity contribution < 1.29 is 8.83 Å². The summed E-state index contributed by atoms with van der Waals surface area (Å²) in [4.78, 5) is 12.9. The fourth-order valence-electron chi connectivity index (χ4n) is 3.45. The van der Waals surface area contributed by atoms with Crippen LogP contribution in [0.3, 0.4) is 0 Å². The molecule has 0 saturated carbocycles. The second-order valence-electron chi connectivity index (χ2n) is 6.39. The average Bonchev–Trinajstić information content (AvgIpc) is 3.11. The molecule has 0 aliphatic rings. The number of benzene rings is 3. The van der Waals surface area contributed by atoms with Gasteiger partial charge >= 0.3 is 5.63 Å². The minimum absolute atomic E-state index is 0.409. The SMILES string of the molecule is O=c1oc2ccc(Br)cc2c2c(-c3ccccc3Cl)oc(-c3ccccc3)c12. The van der Waals surface area contributed by atoms with Gasteiger partial charge in [0.05, 0.1) is 5.02 Å². The van der Waals surface area contributed by atoms with Crippen LogP contribution in [0, 0.1) is 0 Å². The van der Waals surface area contributed by atoms with Gasteiger partial charge in [-0.05, 0) is 30.3 Å². The topological polar surface area (TPSA) is 43.4 Å². The molecule has 0 radical (unpaired) electrons. The van der Waals surface area contributed by atoms with Crippen molar-refractivity contribution in [2.45, 2.75) is 0 Å². The molecule has 0 saturated heterocycles. The van der Waals surface area contributed by atoms with Gasteiger partial charge in [0.2, 0.25) is 0 Å². The molecule has 0 N–H and O–H groups in total. The van der Waals surface area contributed by atoms with Gasteiger partial charge in [0.1, 0.15) is 22.5 Å². The summed E-state index contributed by atoms with van der Waals surface area (Å²) < 4.78 is 12.8. The summed E-state index contributed by atoms with van der Waals surface area (Å²) in [5.41, 5.74) is 1.58. The first-order chi connectivity index (χ1) is 13.6. The number of halogens is 2. The van der Waals surface area contributed by atoms with Gasteiger partial charge in [-0.3, -0.25) is 0 Å². The van der Waals surface area contributed by atoms with Crippen LogP contribution in [0.4, 0.5) is 0 Å². The Hall–Kier alpha value is -2.82. The third-order valence-corrected chi connectivity index (χ3v) is 5.50. The highest BCUT2D eigenvalue weighted by atomic mass is 79.9. The number of rotatable bonds is 2. The molecule has 136 valence electrons. The van der Waals surface area contributed by atoms with Crippen LogP contribution in [-0.2, 0) is 0 Å². The lowest BCUT2D eigenvalue weighted by atomic mass is 10.0. The molecule has 5 aromatic rings. The molecule has 0 bridgehead atoms. The molecule has 0 fully saturated rings. The zero-order valence-corrected chi connectivity index (χ0v) is 16.8. The highest BCUT2D eigenvalue weighted by Crippen LogP contribution is 2.43. The van der Waals surface area contributed by atoms with Crippen molar-refractivity contribution in [1.29, 1.82) is 0 Å². The molecule has 5 rings (SSSR count). The normalized spacial score (nSPS) is 11.4. The van der Waals surface area contributed by atoms with Crippen LogP contribution < -0.4 is 5.63 Å². The number of hydrogen-bond donors (Lipinski definition) is 0. The van der Waals surface area contributed by atoms with E-state index in [0.29, 0.717) is 32.9 Å². The zero-order valence-electron chi connectivity index (χ0n) is 14.4. The van der Waals surface area contributed by atoms with E-state index in [1.54, 1.807) is 12.1 Å². The van der Waals surface area contributed by atoms with Gasteiger partial charge < -0.3 is 8.83 Å². The van der Waals surface area contributed by atoms with Crippen LogP contribution in [0.25, 0.3) is 44.4 Å². The Bertz CT molecular complexity index is 1400. The van der Waals surface area contributed by atoms with Gasteiger partial charge in [-0.25, -0.2) is 4.79 Å². The summed E-state index contributed by atoms with van der Waals surface area (Å²) >= 11 is 9.97. The van der Waals surface area contributed by atoms with Crippen LogP contribution in [0.2, 0.25) is 5.02 Å². The molecule has 0 spiro atoms. The van der Waals surface area contributed by atoms with E-state index >= 15 is 0 Å². The predicted molar refractivity (Wildman–Crippen MR) is 116 cm³/mol. The van der Waals surface area contributed by atoms with Crippen LogP contribution in [0.1, 0.15) is 0 Å². The van der Waals surface area contributed by atoms with Gasteiger partial charge in [-0.2, -0.15) is 0 Å². The van der Waals surface area contributed by atoms with E-state index in [0.717, 1.165) is 21.0 Å². The first-order valence-corrected chi connectivity index (χ1v) is 9.80. The average molecular weight is 452 g/mol. The van der Waals surface area contributed by atoms with E-state index in [1.807, 2.05) is 60.7 Å². The van der Waals surface area contributed by atoms with Gasteiger partial charge in [0.25, 0.3) is 0 Å². The van der Waals surface area contributed by atoms with Crippen molar-refractivity contribution in [1.82, 2.24) is 0 Å². The van der Waals surface area contributed by atoms with Crippen molar-refractivity contribution in [2.75, 3.05) is 0 Å². The summed E-state index contributed by atoms with van der Waals surface area (Å²) in [7, 11) is 0. The second kappa shape index (κ2) is 6.66. The van der Waals surface area contributed by atoms with Crippen molar-refractivity contribution in [3.05, 3.63) is 92.7 Å². The molecule has 0 aliphatic heterocycles. The maximum absolute atomic E-state index is 12.9. The molecular weight excluding hydrogens is 440 g/mol. The van der Waals surface area contributed by atoms with Crippen LogP contribution in [0.5, 0.6) is 0 Å². The third kappa shape index (κ3) is 2.68. The predicted octanol–water partition coefficient (Wildman–Crippen LogP) is 7.29. The summed E-state index contributed by atoms with van der Waals surface area (Å²) in [6, 6.07) is 22.5. The Kier molecular flexibility index (Phi) is 4.11. The minimum atomic E-state index is -0.439. The highest BCUT2D eigenvalue weighted by molar-refractivity contribution is 9.10. The molecule has 2 aromatic heterocycles. The Labute approximate surface area is 173 Å². The molecule has 2 heterocycles. The van der Waals surface area contributed by atoms with E-state index < -0.39 is 5.63 Å². The second-order valence-corrected chi connectivity index (χ2v) is 7.71. The van der Waals surface area contributed by atoms with Crippen LogP contribution >= 0.6 is 27.5 Å². The Balaban J connectivity index is 2.02. The first-order valence-electron chi connectivity index (χ1n) is 8.62. The fraction of sp³-hybridized carbons (Fsp3) is 0. The van der Waals surface area contributed by atoms with Crippen molar-refractivity contribution in [3.63, 3.8) is 0 Å². The molecule has 0 unspecified atom stereocenters. The van der Waals surface area contributed by atoms with Gasteiger partial charge in [-0.15, -0.1) is 0 Å². The molecule has 28 heavy (non-hydrogen) atoms. The number of hydrogen-bond acceptors (Lipinski definition) is 3. The lowest BCUT2D eigenvalue weighted by molar-refractivity contribution is 0.567. The molecule has 0 atom stereocenters. The van der Waals surface area contributed by atoms with Crippen molar-refractivity contribution >= 4 is 49.3 Å². The smallest absolute Gasteiger partial charge is 0.348 e. The molecule has 3 aromatic carbocycles. The maximum atomic E-state index is 12.9. The van der Waals surface area contributed by atoms with Gasteiger partial charge in [0.15, 0.2) is 0 Å². The van der Waals surface area contributed by atoms with E-state index in [-0.39, 0.29) is 0 Å². The van der Waals surface area contributed by atoms with Gasteiger partial charge in [0, 0.05) is 26.4 Å². The highest BCUT2D eigenvalue weighted by Gasteiger charge is 2.24. The van der Waals surface area contributed by atoms with E-state index in [1.165, 1.54) is 0 Å². The van der Waals surface area contributed by atoms with Crippen LogP contribution in [-0.4, -0.2) is 0 Å². The first kappa shape index (κ1) is 17.3. The molecule has 0 aliphatic carbocycles. The standard InChI is InChI=1S/C23H12BrClO3/c24-14-10-11-18-16(12-14)19-20(23(26)27-18)21(13-6-2-1-3-7-13)28-22(19)15-8-4-5-9-17(15)25/h1-12H. The summed E-state index contributed by atoms with van der Waals surface area (Å²) in [5, 5.41) is 2.44.